The molecule has 1 fully saturated rings. The van der Waals surface area contributed by atoms with Crippen LogP contribution in [-0.4, -0.2) is 46.2 Å². The van der Waals surface area contributed by atoms with E-state index in [-0.39, 0.29) is 12.3 Å². The maximum atomic E-state index is 11.5. The van der Waals surface area contributed by atoms with Gasteiger partial charge in [-0.1, -0.05) is 0 Å². The molecule has 0 saturated carbocycles. The third-order valence-electron chi connectivity index (χ3n) is 3.99. The number of rotatable bonds is 4. The normalized spacial score (nSPS) is 22.8. The lowest BCUT2D eigenvalue weighted by Crippen LogP contribution is -2.49. The summed E-state index contributed by atoms with van der Waals surface area (Å²) in [5.74, 6) is -0.133. The van der Waals surface area contributed by atoms with Gasteiger partial charge >= 0.3 is 0 Å². The van der Waals surface area contributed by atoms with E-state index in [1.165, 1.54) is 0 Å². The number of β-amino-alcohol motifs (C(OH)–C–C–N with tert-alkyl or cyclic N) is 1. The molecule has 1 aliphatic rings. The molecule has 1 atom stereocenters. The molecule has 1 aliphatic heterocycles. The van der Waals surface area contributed by atoms with Gasteiger partial charge in [-0.15, -0.1) is 0 Å². The summed E-state index contributed by atoms with van der Waals surface area (Å²) < 4.78 is 1.80. The zero-order valence-corrected chi connectivity index (χ0v) is 12.6. The highest BCUT2D eigenvalue weighted by Gasteiger charge is 2.35. The standard InChI is InChI=1S/C15H22N4O2/c1-17-14(20)7-15(21)4-3-5-19(11-15)10-12-6-13(8-16)18(2)9-12/h6,9,21H,3-5,7,10-11H2,1-2H3,(H,17,20). The van der Waals surface area contributed by atoms with E-state index in [9.17, 15) is 9.90 Å². The van der Waals surface area contributed by atoms with E-state index in [1.54, 1.807) is 11.6 Å². The summed E-state index contributed by atoms with van der Waals surface area (Å²) >= 11 is 0. The highest BCUT2D eigenvalue weighted by molar-refractivity contribution is 5.76. The first-order chi connectivity index (χ1) is 9.95. The van der Waals surface area contributed by atoms with Crippen molar-refractivity contribution >= 4 is 5.91 Å². The van der Waals surface area contributed by atoms with Gasteiger partial charge in [0.2, 0.25) is 5.91 Å². The number of amides is 1. The first kappa shape index (κ1) is 15.5. The average molecular weight is 290 g/mol. The lowest BCUT2D eigenvalue weighted by atomic mass is 9.89. The number of aromatic nitrogens is 1. The molecule has 2 rings (SSSR count). The van der Waals surface area contributed by atoms with Gasteiger partial charge in [-0.05, 0) is 31.0 Å². The van der Waals surface area contributed by atoms with Gasteiger partial charge in [0.25, 0.3) is 0 Å². The van der Waals surface area contributed by atoms with Crippen LogP contribution in [0.25, 0.3) is 0 Å². The fourth-order valence-corrected chi connectivity index (χ4v) is 2.96. The number of aliphatic hydroxyl groups is 1. The number of nitrogens with zero attached hydrogens (tertiary/aromatic N) is 3. The SMILES string of the molecule is CNC(=O)CC1(O)CCCN(Cc2cc(C#N)n(C)c2)C1. The van der Waals surface area contributed by atoms with E-state index in [0.29, 0.717) is 25.2 Å². The van der Waals surface area contributed by atoms with Gasteiger partial charge in [0.1, 0.15) is 11.8 Å². The number of likely N-dealkylation sites (tertiary alicyclic amines) is 1. The van der Waals surface area contributed by atoms with Crippen molar-refractivity contribution in [1.82, 2.24) is 14.8 Å². The van der Waals surface area contributed by atoms with Gasteiger partial charge < -0.3 is 15.0 Å². The van der Waals surface area contributed by atoms with Crippen LogP contribution in [-0.2, 0) is 18.4 Å². The summed E-state index contributed by atoms with van der Waals surface area (Å²) in [5.41, 5.74) is 0.728. The lowest BCUT2D eigenvalue weighted by molar-refractivity contribution is -0.128. The van der Waals surface area contributed by atoms with E-state index in [1.807, 2.05) is 19.3 Å². The molecule has 0 radical (unpaired) electrons. The second-order valence-corrected chi connectivity index (χ2v) is 5.84. The van der Waals surface area contributed by atoms with E-state index in [0.717, 1.165) is 18.5 Å². The molecule has 1 unspecified atom stereocenters. The van der Waals surface area contributed by atoms with Crippen molar-refractivity contribution in [1.29, 1.82) is 5.26 Å². The van der Waals surface area contributed by atoms with Gasteiger partial charge in [-0.3, -0.25) is 9.69 Å². The fraction of sp³-hybridized carbons (Fsp3) is 0.600. The summed E-state index contributed by atoms with van der Waals surface area (Å²) in [6.07, 6.45) is 3.59. The number of carbonyl (C=O) groups is 1. The maximum absolute atomic E-state index is 11.5. The molecule has 2 N–H and O–H groups in total. The smallest absolute Gasteiger partial charge is 0.222 e. The van der Waals surface area contributed by atoms with Crippen molar-refractivity contribution in [2.24, 2.45) is 7.05 Å². The Labute approximate surface area is 125 Å². The minimum Gasteiger partial charge on any atom is -0.388 e. The van der Waals surface area contributed by atoms with Crippen LogP contribution in [0.4, 0.5) is 0 Å². The first-order valence-corrected chi connectivity index (χ1v) is 7.16. The van der Waals surface area contributed by atoms with Crippen LogP contribution in [0.5, 0.6) is 0 Å². The molecule has 114 valence electrons. The minimum absolute atomic E-state index is 0.133. The average Bonchev–Trinajstić information content (AvgIpc) is 2.78. The van der Waals surface area contributed by atoms with Gasteiger partial charge in [0.05, 0.1) is 12.0 Å². The number of hydrogen-bond donors (Lipinski definition) is 2. The third-order valence-corrected chi connectivity index (χ3v) is 3.99. The van der Waals surface area contributed by atoms with Crippen molar-refractivity contribution in [2.75, 3.05) is 20.1 Å². The molecule has 1 aromatic heterocycles. The molecular formula is C15H22N4O2. The van der Waals surface area contributed by atoms with Gasteiger partial charge in [-0.2, -0.15) is 5.26 Å². The number of nitrogens with one attached hydrogen (secondary N) is 1. The zero-order chi connectivity index (χ0) is 15.5. The van der Waals surface area contributed by atoms with Gasteiger partial charge in [0.15, 0.2) is 0 Å². The van der Waals surface area contributed by atoms with Crippen molar-refractivity contribution in [2.45, 2.75) is 31.4 Å². The molecule has 6 nitrogen and oxygen atoms in total. The maximum Gasteiger partial charge on any atom is 0.222 e. The van der Waals surface area contributed by atoms with Crippen molar-refractivity contribution in [3.8, 4) is 6.07 Å². The van der Waals surface area contributed by atoms with Crippen LogP contribution < -0.4 is 5.32 Å². The summed E-state index contributed by atoms with van der Waals surface area (Å²) in [7, 11) is 3.43. The van der Waals surface area contributed by atoms with Crippen LogP contribution in [0.1, 0.15) is 30.5 Å². The summed E-state index contributed by atoms with van der Waals surface area (Å²) in [5, 5.41) is 22.1. The van der Waals surface area contributed by atoms with Crippen molar-refractivity contribution in [3.63, 3.8) is 0 Å². The third kappa shape index (κ3) is 3.84. The molecular weight excluding hydrogens is 268 g/mol. The van der Waals surface area contributed by atoms with E-state index in [4.69, 9.17) is 5.26 Å². The fourth-order valence-electron chi connectivity index (χ4n) is 2.96. The predicted molar refractivity (Wildman–Crippen MR) is 78.3 cm³/mol. The van der Waals surface area contributed by atoms with E-state index >= 15 is 0 Å². The van der Waals surface area contributed by atoms with Crippen LogP contribution in [0.2, 0.25) is 0 Å². The molecule has 1 saturated heterocycles. The molecule has 6 heteroatoms. The Hall–Kier alpha value is -1.84. The number of carbonyl (C=O) groups excluding carboxylic acids is 1. The summed E-state index contributed by atoms with van der Waals surface area (Å²) in [4.78, 5) is 13.6. The van der Waals surface area contributed by atoms with Crippen molar-refractivity contribution < 1.29 is 9.90 Å². The van der Waals surface area contributed by atoms with Crippen LogP contribution in [0, 0.1) is 11.3 Å². The second kappa shape index (κ2) is 6.29. The molecule has 0 aliphatic carbocycles. The molecule has 2 heterocycles. The van der Waals surface area contributed by atoms with E-state index in [2.05, 4.69) is 16.3 Å². The second-order valence-electron chi connectivity index (χ2n) is 5.84. The Morgan fingerprint density at radius 1 is 1.62 bits per heavy atom. The monoisotopic (exact) mass is 290 g/mol. The molecule has 0 aromatic carbocycles. The number of hydrogen-bond acceptors (Lipinski definition) is 4. The Bertz CT molecular complexity index is 561. The van der Waals surface area contributed by atoms with Crippen molar-refractivity contribution in [3.05, 3.63) is 23.5 Å². The van der Waals surface area contributed by atoms with Crippen LogP contribution in [0.15, 0.2) is 12.3 Å². The topological polar surface area (TPSA) is 81.3 Å². The molecule has 1 aromatic rings. The summed E-state index contributed by atoms with van der Waals surface area (Å²) in [6, 6.07) is 4.01. The van der Waals surface area contributed by atoms with Gasteiger partial charge in [-0.25, -0.2) is 0 Å². The Kier molecular flexibility index (Phi) is 4.66. The number of piperidine rings is 1. The molecule has 0 spiro atoms. The molecule has 1 amide bonds. The summed E-state index contributed by atoms with van der Waals surface area (Å²) in [6.45, 7) is 2.07. The predicted octanol–water partition coefficient (Wildman–Crippen LogP) is 0.360. The Morgan fingerprint density at radius 2 is 2.38 bits per heavy atom. The van der Waals surface area contributed by atoms with E-state index < -0.39 is 5.60 Å². The largest absolute Gasteiger partial charge is 0.388 e. The molecule has 0 bridgehead atoms. The molecule has 21 heavy (non-hydrogen) atoms. The highest BCUT2D eigenvalue weighted by Crippen LogP contribution is 2.25. The highest BCUT2D eigenvalue weighted by atomic mass is 16.3. The first-order valence-electron chi connectivity index (χ1n) is 7.16. The Morgan fingerprint density at radius 3 is 3.00 bits per heavy atom. The number of nitriles is 1. The number of aryl methyl sites for hydroxylation is 1. The quantitative estimate of drug-likeness (QED) is 0.839. The minimum atomic E-state index is -0.953. The van der Waals surface area contributed by atoms with Crippen LogP contribution in [0.3, 0.4) is 0 Å². The zero-order valence-electron chi connectivity index (χ0n) is 12.6. The van der Waals surface area contributed by atoms with Crippen LogP contribution >= 0.6 is 0 Å². The Balaban J connectivity index is 2.00. The lowest BCUT2D eigenvalue weighted by Gasteiger charge is -2.38. The van der Waals surface area contributed by atoms with Gasteiger partial charge in [0, 0.05) is 33.4 Å².